The van der Waals surface area contributed by atoms with Crippen LogP contribution < -0.4 is 10.5 Å². The Balaban J connectivity index is 1.74. The van der Waals surface area contributed by atoms with E-state index < -0.39 is 0 Å². The average Bonchev–Trinajstić information content (AvgIpc) is 3.41. The van der Waals surface area contributed by atoms with Gasteiger partial charge in [-0.2, -0.15) is 10.4 Å². The molecular weight excluding hydrogens is 316 g/mol. The number of benzene rings is 1. The first-order valence-corrected chi connectivity index (χ1v) is 7.98. The van der Waals surface area contributed by atoms with Crippen molar-refractivity contribution in [3.63, 3.8) is 0 Å². The first kappa shape index (κ1) is 15.1. The second-order valence-electron chi connectivity index (χ2n) is 6.07. The lowest BCUT2D eigenvalue weighted by atomic mass is 10.1. The van der Waals surface area contributed by atoms with Gasteiger partial charge in [0.2, 0.25) is 5.88 Å². The molecule has 25 heavy (non-hydrogen) atoms. The minimum atomic E-state index is 0.485. The quantitative estimate of drug-likeness (QED) is 0.788. The molecule has 0 saturated heterocycles. The molecule has 1 saturated carbocycles. The van der Waals surface area contributed by atoms with E-state index in [1.165, 1.54) is 12.8 Å². The highest BCUT2D eigenvalue weighted by Gasteiger charge is 2.27. The molecule has 0 unspecified atom stereocenters. The summed E-state index contributed by atoms with van der Waals surface area (Å²) in [5, 5.41) is 13.7. The Morgan fingerprint density at radius 3 is 2.68 bits per heavy atom. The first-order chi connectivity index (χ1) is 12.1. The Morgan fingerprint density at radius 2 is 2.00 bits per heavy atom. The van der Waals surface area contributed by atoms with Gasteiger partial charge >= 0.3 is 0 Å². The molecule has 3 aromatic rings. The highest BCUT2D eigenvalue weighted by molar-refractivity contribution is 5.66. The molecule has 2 heterocycles. The molecule has 1 aliphatic carbocycles. The smallest absolute Gasteiger partial charge is 0.217 e. The van der Waals surface area contributed by atoms with E-state index in [1.54, 1.807) is 35.3 Å². The molecule has 4 rings (SSSR count). The Labute approximate surface area is 144 Å². The van der Waals surface area contributed by atoms with Crippen LogP contribution >= 0.6 is 0 Å². The summed E-state index contributed by atoms with van der Waals surface area (Å²) in [4.78, 5) is 8.50. The zero-order valence-corrected chi connectivity index (χ0v) is 13.7. The molecule has 2 aromatic heterocycles. The molecule has 0 bridgehead atoms. The van der Waals surface area contributed by atoms with Gasteiger partial charge in [-0.15, -0.1) is 0 Å². The van der Waals surface area contributed by atoms with Crippen LogP contribution in [0, 0.1) is 11.3 Å². The zero-order chi connectivity index (χ0) is 17.4. The molecule has 0 radical (unpaired) electrons. The van der Waals surface area contributed by atoms with E-state index in [2.05, 4.69) is 21.1 Å². The maximum atomic E-state index is 9.19. The lowest BCUT2D eigenvalue weighted by Crippen LogP contribution is -1.99. The standard InChI is InChI=1S/C18H16N6O/c1-24-17(7-15(23-24)12-3-4-12)25-16-6-11(8-19)2-5-14(16)18-21-9-13(20)10-22-18/h2,5-7,9-10,12H,3-4,20H2,1H3. The Morgan fingerprint density at radius 1 is 1.24 bits per heavy atom. The van der Waals surface area contributed by atoms with Crippen LogP contribution in [0.2, 0.25) is 0 Å². The maximum Gasteiger partial charge on any atom is 0.217 e. The van der Waals surface area contributed by atoms with E-state index >= 15 is 0 Å². The van der Waals surface area contributed by atoms with Crippen LogP contribution in [0.3, 0.4) is 0 Å². The third kappa shape index (κ3) is 3.02. The summed E-state index contributed by atoms with van der Waals surface area (Å²) >= 11 is 0. The molecule has 0 atom stereocenters. The van der Waals surface area contributed by atoms with Gasteiger partial charge in [-0.05, 0) is 31.0 Å². The van der Waals surface area contributed by atoms with Gasteiger partial charge in [0.15, 0.2) is 5.82 Å². The number of aromatic nitrogens is 4. The molecule has 1 fully saturated rings. The number of ether oxygens (including phenoxy) is 1. The van der Waals surface area contributed by atoms with Crippen LogP contribution in [0.5, 0.6) is 11.6 Å². The van der Waals surface area contributed by atoms with Crippen molar-refractivity contribution < 1.29 is 4.74 Å². The fourth-order valence-corrected chi connectivity index (χ4v) is 2.60. The van der Waals surface area contributed by atoms with E-state index in [4.69, 9.17) is 10.5 Å². The Hall–Kier alpha value is -3.40. The Kier molecular flexibility index (Phi) is 3.58. The van der Waals surface area contributed by atoms with Crippen LogP contribution in [-0.4, -0.2) is 19.7 Å². The van der Waals surface area contributed by atoms with Gasteiger partial charge in [-0.3, -0.25) is 0 Å². The van der Waals surface area contributed by atoms with Gasteiger partial charge in [0.05, 0.1) is 41.0 Å². The number of anilines is 1. The summed E-state index contributed by atoms with van der Waals surface area (Å²) in [5.74, 6) is 2.15. The fourth-order valence-electron chi connectivity index (χ4n) is 2.60. The van der Waals surface area contributed by atoms with Crippen LogP contribution in [-0.2, 0) is 7.05 Å². The van der Waals surface area contributed by atoms with Crippen molar-refractivity contribution in [2.24, 2.45) is 7.05 Å². The SMILES string of the molecule is Cn1nc(C2CC2)cc1Oc1cc(C#N)ccc1-c1ncc(N)cn1. The number of nitrogens with two attached hydrogens (primary N) is 1. The van der Waals surface area contributed by atoms with Crippen LogP contribution in [0.15, 0.2) is 36.7 Å². The van der Waals surface area contributed by atoms with Gasteiger partial charge in [0.1, 0.15) is 5.75 Å². The molecule has 0 amide bonds. The van der Waals surface area contributed by atoms with Crippen LogP contribution in [0.25, 0.3) is 11.4 Å². The molecule has 0 spiro atoms. The van der Waals surface area contributed by atoms with E-state index in [-0.39, 0.29) is 0 Å². The molecule has 1 aromatic carbocycles. The number of rotatable bonds is 4. The molecule has 7 nitrogen and oxygen atoms in total. The highest BCUT2D eigenvalue weighted by Crippen LogP contribution is 2.41. The van der Waals surface area contributed by atoms with Crippen LogP contribution in [0.4, 0.5) is 5.69 Å². The summed E-state index contributed by atoms with van der Waals surface area (Å²) in [7, 11) is 1.84. The summed E-state index contributed by atoms with van der Waals surface area (Å²) < 4.78 is 7.77. The summed E-state index contributed by atoms with van der Waals surface area (Å²) in [6, 6.07) is 9.24. The van der Waals surface area contributed by atoms with E-state index in [1.807, 2.05) is 13.1 Å². The number of aryl methyl sites for hydroxylation is 1. The molecule has 1 aliphatic rings. The van der Waals surface area contributed by atoms with E-state index in [9.17, 15) is 5.26 Å². The van der Waals surface area contributed by atoms with Crippen molar-refractivity contribution in [2.75, 3.05) is 5.73 Å². The van der Waals surface area contributed by atoms with Crippen molar-refractivity contribution in [1.29, 1.82) is 5.26 Å². The number of nitrogens with zero attached hydrogens (tertiary/aromatic N) is 5. The number of nitriles is 1. The van der Waals surface area contributed by atoms with Crippen molar-refractivity contribution in [3.05, 3.63) is 47.9 Å². The molecule has 7 heteroatoms. The second kappa shape index (κ2) is 5.91. The second-order valence-corrected chi connectivity index (χ2v) is 6.07. The number of nitrogen functional groups attached to an aromatic ring is 1. The predicted octanol–water partition coefficient (Wildman–Crippen LogP) is 3.00. The van der Waals surface area contributed by atoms with Gasteiger partial charge < -0.3 is 10.5 Å². The van der Waals surface area contributed by atoms with Gasteiger partial charge in [0.25, 0.3) is 0 Å². The van der Waals surface area contributed by atoms with Crippen molar-refractivity contribution in [3.8, 4) is 29.1 Å². The van der Waals surface area contributed by atoms with E-state index in [0.29, 0.717) is 40.2 Å². The molecule has 2 N–H and O–H groups in total. The average molecular weight is 332 g/mol. The minimum absolute atomic E-state index is 0.485. The van der Waals surface area contributed by atoms with Gasteiger partial charge in [-0.1, -0.05) is 0 Å². The lowest BCUT2D eigenvalue weighted by Gasteiger charge is -2.10. The lowest BCUT2D eigenvalue weighted by molar-refractivity contribution is 0.431. The van der Waals surface area contributed by atoms with Crippen LogP contribution in [0.1, 0.15) is 30.0 Å². The van der Waals surface area contributed by atoms with E-state index in [0.717, 1.165) is 5.69 Å². The topological polar surface area (TPSA) is 103 Å². The minimum Gasteiger partial charge on any atom is -0.438 e. The number of hydrogen-bond acceptors (Lipinski definition) is 6. The third-order valence-corrected chi connectivity index (χ3v) is 4.09. The van der Waals surface area contributed by atoms with Gasteiger partial charge in [0, 0.05) is 19.0 Å². The zero-order valence-electron chi connectivity index (χ0n) is 13.7. The molecular formula is C18H16N6O. The van der Waals surface area contributed by atoms with Crippen molar-refractivity contribution in [1.82, 2.24) is 19.7 Å². The predicted molar refractivity (Wildman–Crippen MR) is 91.9 cm³/mol. The third-order valence-electron chi connectivity index (χ3n) is 4.09. The molecule has 124 valence electrons. The summed E-state index contributed by atoms with van der Waals surface area (Å²) in [6.45, 7) is 0. The molecule has 0 aliphatic heterocycles. The first-order valence-electron chi connectivity index (χ1n) is 7.98. The fraction of sp³-hybridized carbons (Fsp3) is 0.222. The maximum absolute atomic E-state index is 9.19. The largest absolute Gasteiger partial charge is 0.438 e. The summed E-state index contributed by atoms with van der Waals surface area (Å²) in [5.41, 5.74) is 8.37. The summed E-state index contributed by atoms with van der Waals surface area (Å²) in [6.07, 6.45) is 5.43. The van der Waals surface area contributed by atoms with Gasteiger partial charge in [-0.25, -0.2) is 14.6 Å². The number of hydrogen-bond donors (Lipinski definition) is 1. The van der Waals surface area contributed by atoms with Crippen molar-refractivity contribution >= 4 is 5.69 Å². The highest BCUT2D eigenvalue weighted by atomic mass is 16.5. The Bertz CT molecular complexity index is 966. The normalized spacial score (nSPS) is 13.4. The monoisotopic (exact) mass is 332 g/mol. The van der Waals surface area contributed by atoms with Crippen molar-refractivity contribution in [2.45, 2.75) is 18.8 Å².